The number of hydrogen-bond donors (Lipinski definition) is 1. The maximum absolute atomic E-state index is 10.7. The van der Waals surface area contributed by atoms with Gasteiger partial charge >= 0.3 is 0 Å². The van der Waals surface area contributed by atoms with Gasteiger partial charge in [0.2, 0.25) is 0 Å². The molecule has 0 aliphatic carbocycles. The van der Waals surface area contributed by atoms with E-state index >= 15 is 0 Å². The summed E-state index contributed by atoms with van der Waals surface area (Å²) in [4.78, 5) is 14.2. The zero-order valence-corrected chi connectivity index (χ0v) is 10.6. The first-order valence-corrected chi connectivity index (χ1v) is 6.02. The number of nitriles is 1. The minimum atomic E-state index is -0.558. The van der Waals surface area contributed by atoms with Crippen LogP contribution in [0.25, 0.3) is 0 Å². The van der Waals surface area contributed by atoms with Crippen LogP contribution in [0.5, 0.6) is 0 Å². The number of rotatable bonds is 5. The van der Waals surface area contributed by atoms with Gasteiger partial charge in [0.15, 0.2) is 0 Å². The normalized spacial score (nSPS) is 9.75. The maximum atomic E-state index is 10.7. The lowest BCUT2D eigenvalue weighted by molar-refractivity contribution is -0.385. The highest BCUT2D eigenvalue weighted by Gasteiger charge is 2.13. The lowest BCUT2D eigenvalue weighted by Gasteiger charge is -2.06. The van der Waals surface area contributed by atoms with E-state index in [1.54, 1.807) is 18.5 Å². The van der Waals surface area contributed by atoms with E-state index in [0.717, 1.165) is 12.0 Å². The number of benzene rings is 1. The Morgan fingerprint density at radius 1 is 1.40 bits per heavy atom. The van der Waals surface area contributed by atoms with Gasteiger partial charge in [0.25, 0.3) is 5.69 Å². The van der Waals surface area contributed by atoms with Gasteiger partial charge in [0.1, 0.15) is 11.6 Å². The zero-order valence-electron chi connectivity index (χ0n) is 10.6. The van der Waals surface area contributed by atoms with Crippen LogP contribution in [0.1, 0.15) is 11.1 Å². The van der Waals surface area contributed by atoms with E-state index in [1.807, 2.05) is 18.2 Å². The van der Waals surface area contributed by atoms with Crippen LogP contribution >= 0.6 is 0 Å². The van der Waals surface area contributed by atoms with E-state index < -0.39 is 4.92 Å². The third-order valence-corrected chi connectivity index (χ3v) is 2.78. The minimum absolute atomic E-state index is 0.0568. The van der Waals surface area contributed by atoms with E-state index in [9.17, 15) is 10.1 Å². The monoisotopic (exact) mass is 268 g/mol. The smallest absolute Gasteiger partial charge is 0.287 e. The van der Waals surface area contributed by atoms with Gasteiger partial charge in [-0.1, -0.05) is 6.07 Å². The molecule has 0 spiro atoms. The molecule has 1 N–H and O–H groups in total. The van der Waals surface area contributed by atoms with Gasteiger partial charge in [-0.05, 0) is 30.2 Å². The van der Waals surface area contributed by atoms with Gasteiger partial charge in [-0.2, -0.15) is 5.26 Å². The molecule has 20 heavy (non-hydrogen) atoms. The molecule has 0 bridgehead atoms. The molecule has 0 saturated carbocycles. The lowest BCUT2D eigenvalue weighted by atomic mass is 10.1. The zero-order chi connectivity index (χ0) is 14.4. The molecule has 0 amide bonds. The summed E-state index contributed by atoms with van der Waals surface area (Å²) in [6.45, 7) is 0.661. The summed E-state index contributed by atoms with van der Waals surface area (Å²) in [6, 6.07) is 10.1. The van der Waals surface area contributed by atoms with Gasteiger partial charge in [0.05, 0.1) is 4.92 Å². The molecule has 1 heterocycles. The number of nitrogens with zero attached hydrogens (tertiary/aromatic N) is 3. The molecule has 6 heteroatoms. The minimum Gasteiger partial charge on any atom is -0.385 e. The summed E-state index contributed by atoms with van der Waals surface area (Å²) in [6.07, 6.45) is 4.29. The molecule has 1 aromatic heterocycles. The number of nitrogens with one attached hydrogen (secondary N) is 1. The standard InChI is InChI=1S/C14H12N4O2/c15-9-12-8-13(3-4-14(12)18(19)20)17-7-5-11-2-1-6-16-10-11/h1-4,6,8,10,17H,5,7H2. The fourth-order valence-electron chi connectivity index (χ4n) is 1.79. The van der Waals surface area contributed by atoms with Crippen LogP contribution in [0, 0.1) is 21.4 Å². The van der Waals surface area contributed by atoms with Crippen molar-refractivity contribution in [2.75, 3.05) is 11.9 Å². The first kappa shape index (κ1) is 13.5. The van der Waals surface area contributed by atoms with Crippen molar-refractivity contribution < 1.29 is 4.92 Å². The highest BCUT2D eigenvalue weighted by molar-refractivity contribution is 5.58. The molecule has 0 saturated heterocycles. The number of anilines is 1. The lowest BCUT2D eigenvalue weighted by Crippen LogP contribution is -2.05. The van der Waals surface area contributed by atoms with Crippen LogP contribution in [-0.2, 0) is 6.42 Å². The van der Waals surface area contributed by atoms with E-state index in [4.69, 9.17) is 5.26 Å². The van der Waals surface area contributed by atoms with Crippen molar-refractivity contribution in [3.05, 3.63) is 64.0 Å². The Morgan fingerprint density at radius 2 is 2.25 bits per heavy atom. The van der Waals surface area contributed by atoms with Crippen molar-refractivity contribution in [2.24, 2.45) is 0 Å². The highest BCUT2D eigenvalue weighted by atomic mass is 16.6. The topological polar surface area (TPSA) is 91.8 Å². The summed E-state index contributed by atoms with van der Waals surface area (Å²) in [5, 5.41) is 22.8. The molecule has 2 rings (SSSR count). The van der Waals surface area contributed by atoms with Gasteiger partial charge in [-0.3, -0.25) is 15.1 Å². The molecule has 0 radical (unpaired) electrons. The summed E-state index contributed by atoms with van der Waals surface area (Å²) in [7, 11) is 0. The predicted molar refractivity (Wildman–Crippen MR) is 74.2 cm³/mol. The van der Waals surface area contributed by atoms with Crippen LogP contribution in [0.2, 0.25) is 0 Å². The van der Waals surface area contributed by atoms with Crippen molar-refractivity contribution in [2.45, 2.75) is 6.42 Å². The highest BCUT2D eigenvalue weighted by Crippen LogP contribution is 2.21. The van der Waals surface area contributed by atoms with E-state index in [1.165, 1.54) is 12.1 Å². The van der Waals surface area contributed by atoms with Crippen molar-refractivity contribution in [3.8, 4) is 6.07 Å². The van der Waals surface area contributed by atoms with Crippen LogP contribution < -0.4 is 5.32 Å². The number of nitro benzene ring substituents is 1. The second kappa shape index (κ2) is 6.29. The number of aromatic nitrogens is 1. The predicted octanol–water partition coefficient (Wildman–Crippen LogP) is 2.52. The first-order valence-electron chi connectivity index (χ1n) is 6.02. The average molecular weight is 268 g/mol. The number of hydrogen-bond acceptors (Lipinski definition) is 5. The molecule has 6 nitrogen and oxygen atoms in total. The second-order valence-corrected chi connectivity index (χ2v) is 4.14. The van der Waals surface area contributed by atoms with Gasteiger partial charge < -0.3 is 5.32 Å². The van der Waals surface area contributed by atoms with Crippen LogP contribution in [-0.4, -0.2) is 16.5 Å². The summed E-state index contributed by atoms with van der Waals surface area (Å²) in [5.41, 5.74) is 1.67. The quantitative estimate of drug-likeness (QED) is 0.664. The Balaban J connectivity index is 2.00. The van der Waals surface area contributed by atoms with Crippen LogP contribution in [0.4, 0.5) is 11.4 Å². The third-order valence-electron chi connectivity index (χ3n) is 2.78. The summed E-state index contributed by atoms with van der Waals surface area (Å²) < 4.78 is 0. The van der Waals surface area contributed by atoms with E-state index in [2.05, 4.69) is 10.3 Å². The SMILES string of the molecule is N#Cc1cc(NCCc2cccnc2)ccc1[N+](=O)[O-]. The van der Waals surface area contributed by atoms with Gasteiger partial charge in [0, 0.05) is 30.7 Å². The third kappa shape index (κ3) is 3.29. The average Bonchev–Trinajstić information content (AvgIpc) is 2.48. The summed E-state index contributed by atoms with van der Waals surface area (Å²) in [5.74, 6) is 0. The van der Waals surface area contributed by atoms with Crippen LogP contribution in [0.15, 0.2) is 42.7 Å². The summed E-state index contributed by atoms with van der Waals surface area (Å²) >= 11 is 0. The van der Waals surface area contributed by atoms with Gasteiger partial charge in [-0.25, -0.2) is 0 Å². The fraction of sp³-hybridized carbons (Fsp3) is 0.143. The first-order chi connectivity index (χ1) is 9.70. The van der Waals surface area contributed by atoms with Crippen molar-refractivity contribution >= 4 is 11.4 Å². The molecule has 0 unspecified atom stereocenters. The molecule has 2 aromatic rings. The Morgan fingerprint density at radius 3 is 2.90 bits per heavy atom. The largest absolute Gasteiger partial charge is 0.385 e. The van der Waals surface area contributed by atoms with Crippen LogP contribution in [0.3, 0.4) is 0 Å². The van der Waals surface area contributed by atoms with Crippen molar-refractivity contribution in [1.29, 1.82) is 5.26 Å². The second-order valence-electron chi connectivity index (χ2n) is 4.14. The molecule has 100 valence electrons. The van der Waals surface area contributed by atoms with E-state index in [-0.39, 0.29) is 11.3 Å². The Bertz CT molecular complexity index is 650. The Hall–Kier alpha value is -2.94. The molecule has 0 aliphatic rings. The maximum Gasteiger partial charge on any atom is 0.287 e. The fourth-order valence-corrected chi connectivity index (χ4v) is 1.79. The molecule has 0 atom stereocenters. The van der Waals surface area contributed by atoms with E-state index in [0.29, 0.717) is 12.2 Å². The van der Waals surface area contributed by atoms with Crippen molar-refractivity contribution in [1.82, 2.24) is 4.98 Å². The number of pyridine rings is 1. The van der Waals surface area contributed by atoms with Gasteiger partial charge in [-0.15, -0.1) is 0 Å². The Labute approximate surface area is 115 Å². The molecule has 0 fully saturated rings. The Kier molecular flexibility index (Phi) is 4.24. The molecular formula is C14H12N4O2. The molecular weight excluding hydrogens is 256 g/mol. The molecule has 0 aliphatic heterocycles. The van der Waals surface area contributed by atoms with Crippen molar-refractivity contribution in [3.63, 3.8) is 0 Å². The molecule has 1 aromatic carbocycles. The number of nitro groups is 1.